The smallest absolute Gasteiger partial charge is 0.259 e. The fourth-order valence-corrected chi connectivity index (χ4v) is 12.9. The van der Waals surface area contributed by atoms with Gasteiger partial charge in [-0.15, -0.1) is 0 Å². The van der Waals surface area contributed by atoms with Crippen molar-refractivity contribution in [3.63, 3.8) is 0 Å². The van der Waals surface area contributed by atoms with Crippen molar-refractivity contribution in [1.82, 2.24) is 4.57 Å². The van der Waals surface area contributed by atoms with E-state index in [4.69, 9.17) is 0 Å². The van der Waals surface area contributed by atoms with Crippen LogP contribution in [0.3, 0.4) is 0 Å². The number of fused-ring (bicyclic) bond motifs is 10. The Balaban J connectivity index is 1.12. The lowest BCUT2D eigenvalue weighted by Crippen LogP contribution is -2.25. The minimum absolute atomic E-state index is 0.0359. The van der Waals surface area contributed by atoms with Crippen LogP contribution in [-0.2, 0) is 6.54 Å². The van der Waals surface area contributed by atoms with Crippen molar-refractivity contribution in [1.29, 1.82) is 0 Å². The lowest BCUT2D eigenvalue weighted by Gasteiger charge is -2.20. The molecule has 0 unspecified atom stereocenters. The fraction of sp³-hybridized carbons (Fsp3) is 0.0455. The van der Waals surface area contributed by atoms with Crippen LogP contribution >= 0.6 is 0 Å². The Morgan fingerprint density at radius 3 is 1.12 bits per heavy atom. The zero-order valence-corrected chi connectivity index (χ0v) is 37.5. The van der Waals surface area contributed by atoms with Crippen molar-refractivity contribution < 1.29 is 0 Å². The van der Waals surface area contributed by atoms with E-state index in [1.54, 1.807) is 0 Å². The van der Waals surface area contributed by atoms with Crippen molar-refractivity contribution in [2.75, 3.05) is 0 Å². The molecule has 0 amide bonds. The highest BCUT2D eigenvalue weighted by Crippen LogP contribution is 2.60. The maximum absolute atomic E-state index is 15.0. The topological polar surface area (TPSA) is 22.0 Å². The monoisotopic (exact) mass is 863 g/mol. The quantitative estimate of drug-likeness (QED) is 0.121. The third-order valence-corrected chi connectivity index (χ3v) is 15.5. The van der Waals surface area contributed by atoms with E-state index >= 15 is 0 Å². The van der Waals surface area contributed by atoms with E-state index in [0.29, 0.717) is 6.54 Å². The molecule has 1 aliphatic carbocycles. The van der Waals surface area contributed by atoms with Crippen LogP contribution in [-0.4, -0.2) is 4.57 Å². The summed E-state index contributed by atoms with van der Waals surface area (Å²) >= 11 is 0. The summed E-state index contributed by atoms with van der Waals surface area (Å²) in [4.78, 5) is 15.0. The van der Waals surface area contributed by atoms with Crippen molar-refractivity contribution in [2.45, 2.75) is 19.9 Å². The van der Waals surface area contributed by atoms with Gasteiger partial charge in [-0.05, 0) is 137 Å². The molecule has 15 rings (SSSR count). The predicted octanol–water partition coefficient (Wildman–Crippen LogP) is 16.8. The van der Waals surface area contributed by atoms with E-state index in [0.717, 1.165) is 50.2 Å². The molecule has 2 heteroatoms. The first kappa shape index (κ1) is 37.6. The molecular formula is C66H41NO. The standard InChI is InChI=1S/C66H41NO/c1-3-36-67-37(2)52-55(40-22-12-6-13-23-40)63-50-34-30-46-44-28-32-48-59-49(62-54(39-20-10-5-11-21-39)43-27-17-16-26-42(43)53(61(48)62)38-18-8-4-9-19-38)33-29-45(57(44)59)47-31-35-51(60(50)58(46)47)64(63)56(65(52)66(67)68)41-24-14-7-15-25-41/h4-35H,2-3,36H2,1H3. The minimum Gasteiger partial charge on any atom is -0.308 e. The molecule has 316 valence electrons. The van der Waals surface area contributed by atoms with Crippen molar-refractivity contribution >= 4 is 92.8 Å². The third-order valence-electron chi connectivity index (χ3n) is 15.5. The van der Waals surface area contributed by atoms with Crippen LogP contribution < -0.4 is 10.9 Å². The molecule has 0 radical (unpaired) electrons. The van der Waals surface area contributed by atoms with Gasteiger partial charge in [-0.25, -0.2) is 0 Å². The molecule has 2 nitrogen and oxygen atoms in total. The number of nitrogens with zero attached hydrogens (tertiary/aromatic N) is 1. The Hall–Kier alpha value is -8.59. The number of benzene rings is 12. The molecule has 0 N–H and O–H groups in total. The number of aromatic nitrogens is 1. The summed E-state index contributed by atoms with van der Waals surface area (Å²) in [5.74, 6) is 0. The van der Waals surface area contributed by atoms with Crippen molar-refractivity contribution in [2.24, 2.45) is 0 Å². The maximum Gasteiger partial charge on any atom is 0.259 e. The lowest BCUT2D eigenvalue weighted by molar-refractivity contribution is 0.653. The van der Waals surface area contributed by atoms with Gasteiger partial charge in [0.2, 0.25) is 0 Å². The van der Waals surface area contributed by atoms with Gasteiger partial charge in [-0.2, -0.15) is 0 Å². The SMILES string of the molecule is C=c1c2c(-c3ccccc3)c3c4ccc5c6ccc7c8c(ccc(c9ccc(c3c(-c3ccccc3)c2c(=O)n1CCC)c4c59)c86)-c1c-7c(-c2ccccc2)c2ccccc2c1-c1ccccc1. The van der Waals surface area contributed by atoms with Gasteiger partial charge in [0.15, 0.2) is 0 Å². The minimum atomic E-state index is 0.0359. The zero-order chi connectivity index (χ0) is 44.9. The van der Waals surface area contributed by atoms with Crippen molar-refractivity contribution in [3.8, 4) is 66.8 Å². The van der Waals surface area contributed by atoms with Crippen molar-refractivity contribution in [3.05, 3.63) is 210 Å². The second-order valence-corrected chi connectivity index (χ2v) is 18.8. The summed E-state index contributed by atoms with van der Waals surface area (Å²) in [5, 5.41) is 19.9. The first-order valence-corrected chi connectivity index (χ1v) is 23.9. The van der Waals surface area contributed by atoms with Crippen LogP contribution in [0.4, 0.5) is 0 Å². The molecule has 13 aromatic carbocycles. The van der Waals surface area contributed by atoms with Gasteiger partial charge in [0.05, 0.1) is 5.39 Å². The first-order valence-electron chi connectivity index (χ1n) is 23.9. The highest BCUT2D eigenvalue weighted by molar-refractivity contribution is 6.47. The van der Waals surface area contributed by atoms with Crippen LogP contribution in [0.1, 0.15) is 13.3 Å². The van der Waals surface area contributed by atoms with Gasteiger partial charge < -0.3 is 4.57 Å². The van der Waals surface area contributed by atoms with E-state index in [1.807, 2.05) is 4.57 Å². The number of hydrogen-bond acceptors (Lipinski definition) is 1. The highest BCUT2D eigenvalue weighted by atomic mass is 16.1. The molecule has 0 bridgehead atoms. The van der Waals surface area contributed by atoms with Gasteiger partial charge in [0.25, 0.3) is 5.56 Å². The predicted molar refractivity (Wildman–Crippen MR) is 290 cm³/mol. The Bertz CT molecular complexity index is 4270. The average molecular weight is 864 g/mol. The second kappa shape index (κ2) is 13.7. The molecule has 1 heterocycles. The Labute approximate surface area is 391 Å². The summed E-state index contributed by atoms with van der Waals surface area (Å²) < 4.78 is 1.92. The molecule has 0 spiro atoms. The van der Waals surface area contributed by atoms with Crippen LogP contribution in [0.15, 0.2) is 199 Å². The summed E-state index contributed by atoms with van der Waals surface area (Å²) in [6.07, 6.45) is 0.843. The first-order chi connectivity index (χ1) is 33.6. The van der Waals surface area contributed by atoms with Gasteiger partial charge in [-0.1, -0.05) is 208 Å². The fourth-order valence-electron chi connectivity index (χ4n) is 12.9. The van der Waals surface area contributed by atoms with E-state index in [2.05, 4.69) is 208 Å². The molecule has 14 aromatic rings. The normalized spacial score (nSPS) is 12.4. The van der Waals surface area contributed by atoms with Crippen LogP contribution in [0.2, 0.25) is 0 Å². The zero-order valence-electron chi connectivity index (χ0n) is 37.5. The molecule has 0 saturated carbocycles. The average Bonchev–Trinajstić information content (AvgIpc) is 4.00. The molecule has 0 aliphatic heterocycles. The largest absolute Gasteiger partial charge is 0.308 e. The molecule has 1 aliphatic rings. The van der Waals surface area contributed by atoms with Gasteiger partial charge in [0.1, 0.15) is 0 Å². The molecule has 0 atom stereocenters. The molecule has 1 aromatic heterocycles. The summed E-state index contributed by atoms with van der Waals surface area (Å²) in [6.45, 7) is 7.44. The van der Waals surface area contributed by atoms with Crippen LogP contribution in [0.5, 0.6) is 0 Å². The maximum atomic E-state index is 15.0. The molecule has 0 fully saturated rings. The van der Waals surface area contributed by atoms with E-state index < -0.39 is 0 Å². The molecule has 68 heavy (non-hydrogen) atoms. The number of rotatable bonds is 6. The van der Waals surface area contributed by atoms with E-state index in [1.165, 1.54) is 115 Å². The van der Waals surface area contributed by atoms with Gasteiger partial charge in [-0.3, -0.25) is 4.79 Å². The summed E-state index contributed by atoms with van der Waals surface area (Å²) in [6, 6.07) is 71.4. The van der Waals surface area contributed by atoms with E-state index in [9.17, 15) is 4.79 Å². The Morgan fingerprint density at radius 1 is 0.324 bits per heavy atom. The Morgan fingerprint density at radius 2 is 0.676 bits per heavy atom. The summed E-state index contributed by atoms with van der Waals surface area (Å²) in [5.41, 5.74) is 14.5. The van der Waals surface area contributed by atoms with Gasteiger partial charge >= 0.3 is 0 Å². The lowest BCUT2D eigenvalue weighted by atomic mass is 9.82. The Kier molecular flexibility index (Phi) is 7.59. The molecule has 0 saturated heterocycles. The van der Waals surface area contributed by atoms with Crippen LogP contribution in [0, 0.1) is 0 Å². The highest BCUT2D eigenvalue weighted by Gasteiger charge is 2.33. The van der Waals surface area contributed by atoms with Crippen LogP contribution in [0.25, 0.3) is 160 Å². The van der Waals surface area contributed by atoms with E-state index in [-0.39, 0.29) is 5.56 Å². The second-order valence-electron chi connectivity index (χ2n) is 18.8. The third kappa shape index (κ3) is 4.69. The summed E-state index contributed by atoms with van der Waals surface area (Å²) in [7, 11) is 0. The van der Waals surface area contributed by atoms with Gasteiger partial charge in [0, 0.05) is 28.4 Å². The number of hydrogen-bond donors (Lipinski definition) is 0. The molecular weight excluding hydrogens is 823 g/mol.